The second kappa shape index (κ2) is 7.19. The number of benzene rings is 1. The molecule has 0 aliphatic rings. The van der Waals surface area contributed by atoms with Gasteiger partial charge in [0.05, 0.1) is 6.61 Å². The molecule has 0 amide bonds. The molecule has 0 saturated carbocycles. The minimum atomic E-state index is -0.0792. The van der Waals surface area contributed by atoms with E-state index in [-0.39, 0.29) is 18.4 Å². The van der Waals surface area contributed by atoms with Crippen molar-refractivity contribution in [2.24, 2.45) is 0 Å². The van der Waals surface area contributed by atoms with Gasteiger partial charge >= 0.3 is 0 Å². The van der Waals surface area contributed by atoms with Gasteiger partial charge in [0.15, 0.2) is 5.78 Å². The summed E-state index contributed by atoms with van der Waals surface area (Å²) >= 11 is 5.76. The van der Waals surface area contributed by atoms with Crippen molar-refractivity contribution in [3.8, 4) is 0 Å². The summed E-state index contributed by atoms with van der Waals surface area (Å²) in [4.78, 5) is 11.9. The molecule has 1 rings (SSSR count). The van der Waals surface area contributed by atoms with E-state index in [0.717, 1.165) is 12.1 Å². The first-order valence-corrected chi connectivity index (χ1v) is 6.30. The largest absolute Gasteiger partial charge is 0.394 e. The van der Waals surface area contributed by atoms with Gasteiger partial charge in [0.2, 0.25) is 0 Å². The third-order valence-electron chi connectivity index (χ3n) is 2.62. The highest BCUT2D eigenvalue weighted by Crippen LogP contribution is 2.11. The zero-order chi connectivity index (χ0) is 13.5. The lowest BCUT2D eigenvalue weighted by molar-refractivity contribution is 0.104. The van der Waals surface area contributed by atoms with Gasteiger partial charge in [-0.05, 0) is 37.6 Å². The maximum atomic E-state index is 11.9. The summed E-state index contributed by atoms with van der Waals surface area (Å²) in [5.41, 5.74) is 1.34. The van der Waals surface area contributed by atoms with Gasteiger partial charge in [0.1, 0.15) is 0 Å². The lowest BCUT2D eigenvalue weighted by Gasteiger charge is -2.15. The monoisotopic (exact) mass is 267 g/mol. The molecule has 0 fully saturated rings. The third kappa shape index (κ3) is 4.51. The molecule has 0 heterocycles. The topological polar surface area (TPSA) is 49.3 Å². The summed E-state index contributed by atoms with van der Waals surface area (Å²) in [7, 11) is 0. The van der Waals surface area contributed by atoms with Crippen molar-refractivity contribution in [2.45, 2.75) is 26.3 Å². The Labute approximate surface area is 112 Å². The molecule has 0 aliphatic heterocycles. The number of hydrogen-bond donors (Lipinski definition) is 2. The zero-order valence-corrected chi connectivity index (χ0v) is 11.4. The Bertz CT molecular complexity index is 422. The highest BCUT2D eigenvalue weighted by molar-refractivity contribution is 6.30. The number of allylic oxidation sites excluding steroid dienone is 2. The molecule has 0 saturated heterocycles. The molecule has 3 nitrogen and oxygen atoms in total. The molecule has 1 aromatic carbocycles. The summed E-state index contributed by atoms with van der Waals surface area (Å²) in [6.07, 6.45) is 2.33. The Morgan fingerprint density at radius 2 is 2.06 bits per heavy atom. The van der Waals surface area contributed by atoms with Crippen molar-refractivity contribution in [3.63, 3.8) is 0 Å². The number of ketones is 1. The lowest BCUT2D eigenvalue weighted by atomic mass is 10.1. The van der Waals surface area contributed by atoms with E-state index in [4.69, 9.17) is 16.7 Å². The zero-order valence-electron chi connectivity index (χ0n) is 10.6. The maximum absolute atomic E-state index is 11.9. The molecule has 0 aromatic heterocycles. The van der Waals surface area contributed by atoms with E-state index in [2.05, 4.69) is 5.32 Å². The van der Waals surface area contributed by atoms with Crippen LogP contribution in [-0.2, 0) is 0 Å². The van der Waals surface area contributed by atoms with E-state index in [0.29, 0.717) is 10.6 Å². The van der Waals surface area contributed by atoms with Crippen LogP contribution in [0.5, 0.6) is 0 Å². The van der Waals surface area contributed by atoms with Crippen LogP contribution >= 0.6 is 11.6 Å². The smallest absolute Gasteiger partial charge is 0.187 e. The van der Waals surface area contributed by atoms with Crippen molar-refractivity contribution >= 4 is 17.4 Å². The Hall–Kier alpha value is -1.32. The average molecular weight is 268 g/mol. The van der Waals surface area contributed by atoms with Crippen LogP contribution in [0.25, 0.3) is 0 Å². The predicted molar refractivity (Wildman–Crippen MR) is 73.8 cm³/mol. The van der Waals surface area contributed by atoms with Crippen LogP contribution < -0.4 is 5.32 Å². The van der Waals surface area contributed by atoms with Crippen LogP contribution in [0, 0.1) is 0 Å². The van der Waals surface area contributed by atoms with E-state index in [1.165, 1.54) is 6.08 Å². The minimum absolute atomic E-state index is 0.0146. The fourth-order valence-electron chi connectivity index (χ4n) is 1.53. The van der Waals surface area contributed by atoms with Gasteiger partial charge in [-0.15, -0.1) is 0 Å². The van der Waals surface area contributed by atoms with Crippen molar-refractivity contribution < 1.29 is 9.90 Å². The number of rotatable bonds is 6. The Balaban J connectivity index is 2.70. The normalized spacial score (nSPS) is 13.2. The molecule has 0 bridgehead atoms. The molecule has 0 radical (unpaired) electrons. The van der Waals surface area contributed by atoms with E-state index in [9.17, 15) is 4.79 Å². The van der Waals surface area contributed by atoms with Crippen molar-refractivity contribution in [1.29, 1.82) is 0 Å². The van der Waals surface area contributed by atoms with Crippen LogP contribution in [0.1, 0.15) is 30.6 Å². The number of carbonyl (C=O) groups excluding carboxylic acids is 1. The molecule has 1 unspecified atom stereocenters. The summed E-state index contributed by atoms with van der Waals surface area (Å²) in [6.45, 7) is 3.84. The van der Waals surface area contributed by atoms with E-state index in [1.807, 2.05) is 13.8 Å². The molecule has 4 heteroatoms. The van der Waals surface area contributed by atoms with Crippen LogP contribution in [0.4, 0.5) is 0 Å². The van der Waals surface area contributed by atoms with Gasteiger partial charge < -0.3 is 10.4 Å². The first kappa shape index (κ1) is 14.7. The van der Waals surface area contributed by atoms with Crippen molar-refractivity contribution in [2.75, 3.05) is 6.61 Å². The molecule has 18 heavy (non-hydrogen) atoms. The molecule has 1 aromatic rings. The van der Waals surface area contributed by atoms with Crippen molar-refractivity contribution in [1.82, 2.24) is 5.32 Å². The molecule has 1 atom stereocenters. The van der Waals surface area contributed by atoms with Crippen LogP contribution in [0.2, 0.25) is 5.02 Å². The standard InChI is InChI=1S/C14H18ClNO2/c1-3-13(9-17)16-10(2)8-14(18)11-4-6-12(15)7-5-11/h4-8,13,16-17H,3,9H2,1-2H3. The number of aliphatic hydroxyl groups excluding tert-OH is 1. The summed E-state index contributed by atoms with van der Waals surface area (Å²) in [6, 6.07) is 6.75. The molecule has 0 spiro atoms. The number of halogens is 1. The van der Waals surface area contributed by atoms with Gasteiger partial charge in [0.25, 0.3) is 0 Å². The Kier molecular flexibility index (Phi) is 5.89. The molecule has 2 N–H and O–H groups in total. The summed E-state index contributed by atoms with van der Waals surface area (Å²) in [5, 5.41) is 12.8. The second-order valence-corrected chi connectivity index (χ2v) is 4.57. The number of hydrogen-bond acceptors (Lipinski definition) is 3. The maximum Gasteiger partial charge on any atom is 0.187 e. The van der Waals surface area contributed by atoms with Gasteiger partial charge in [-0.1, -0.05) is 18.5 Å². The van der Waals surface area contributed by atoms with Crippen LogP contribution in [0.15, 0.2) is 36.0 Å². The first-order valence-electron chi connectivity index (χ1n) is 5.92. The number of carbonyl (C=O) groups is 1. The average Bonchev–Trinajstić information content (AvgIpc) is 2.36. The van der Waals surface area contributed by atoms with E-state index in [1.54, 1.807) is 24.3 Å². The summed E-state index contributed by atoms with van der Waals surface area (Å²) < 4.78 is 0. The Morgan fingerprint density at radius 3 is 2.56 bits per heavy atom. The van der Waals surface area contributed by atoms with Crippen LogP contribution in [0.3, 0.4) is 0 Å². The third-order valence-corrected chi connectivity index (χ3v) is 2.87. The van der Waals surface area contributed by atoms with Crippen LogP contribution in [-0.4, -0.2) is 23.5 Å². The minimum Gasteiger partial charge on any atom is -0.394 e. The van der Waals surface area contributed by atoms with E-state index < -0.39 is 0 Å². The highest BCUT2D eigenvalue weighted by Gasteiger charge is 2.06. The number of aliphatic hydroxyl groups is 1. The second-order valence-electron chi connectivity index (χ2n) is 4.13. The van der Waals surface area contributed by atoms with Gasteiger partial charge in [-0.25, -0.2) is 0 Å². The lowest BCUT2D eigenvalue weighted by Crippen LogP contribution is -2.30. The Morgan fingerprint density at radius 1 is 1.44 bits per heavy atom. The van der Waals surface area contributed by atoms with Gasteiger partial charge in [-0.3, -0.25) is 4.79 Å². The fourth-order valence-corrected chi connectivity index (χ4v) is 1.66. The molecule has 98 valence electrons. The molecule has 0 aliphatic carbocycles. The van der Waals surface area contributed by atoms with Crippen molar-refractivity contribution in [3.05, 3.63) is 46.6 Å². The highest BCUT2D eigenvalue weighted by atomic mass is 35.5. The SMILES string of the molecule is CCC(CO)NC(C)=CC(=O)c1ccc(Cl)cc1. The van der Waals surface area contributed by atoms with Gasteiger partial charge in [0, 0.05) is 28.4 Å². The van der Waals surface area contributed by atoms with E-state index >= 15 is 0 Å². The predicted octanol–water partition coefficient (Wildman–Crippen LogP) is 2.79. The summed E-state index contributed by atoms with van der Waals surface area (Å²) in [5.74, 6) is -0.0792. The molecular formula is C14H18ClNO2. The quantitative estimate of drug-likeness (QED) is 0.616. The first-order chi connectivity index (χ1) is 8.56. The fraction of sp³-hybridized carbons (Fsp3) is 0.357. The van der Waals surface area contributed by atoms with Gasteiger partial charge in [-0.2, -0.15) is 0 Å². The number of nitrogens with one attached hydrogen (secondary N) is 1. The molecular weight excluding hydrogens is 250 g/mol.